The first-order valence-electron chi connectivity index (χ1n) is 7.59. The molecule has 0 aromatic heterocycles. The van der Waals surface area contributed by atoms with Gasteiger partial charge in [-0.15, -0.1) is 0 Å². The van der Waals surface area contributed by atoms with Crippen molar-refractivity contribution in [2.45, 2.75) is 40.0 Å². The van der Waals surface area contributed by atoms with Crippen molar-refractivity contribution in [1.29, 1.82) is 0 Å². The maximum absolute atomic E-state index is 12.0. The Labute approximate surface area is 125 Å². The fourth-order valence-corrected chi connectivity index (χ4v) is 2.45. The quantitative estimate of drug-likeness (QED) is 0.657. The molecule has 6 nitrogen and oxygen atoms in total. The van der Waals surface area contributed by atoms with Crippen molar-refractivity contribution < 1.29 is 19.5 Å². The monoisotopic (exact) mass is 298 g/mol. The van der Waals surface area contributed by atoms with Crippen LogP contribution in [-0.4, -0.2) is 47.4 Å². The van der Waals surface area contributed by atoms with Crippen molar-refractivity contribution in [1.82, 2.24) is 10.2 Å². The van der Waals surface area contributed by atoms with E-state index < -0.39 is 11.9 Å². The van der Waals surface area contributed by atoms with Crippen LogP contribution in [0.15, 0.2) is 0 Å². The Hall–Kier alpha value is -1.59. The molecule has 1 aliphatic rings. The van der Waals surface area contributed by atoms with E-state index in [-0.39, 0.29) is 24.2 Å². The summed E-state index contributed by atoms with van der Waals surface area (Å²) in [5.41, 5.74) is 0. The van der Waals surface area contributed by atoms with E-state index in [0.29, 0.717) is 38.4 Å². The molecule has 1 aliphatic heterocycles. The fraction of sp³-hybridized carbons (Fsp3) is 0.800. The van der Waals surface area contributed by atoms with Gasteiger partial charge in [0.1, 0.15) is 0 Å². The van der Waals surface area contributed by atoms with Gasteiger partial charge in [-0.2, -0.15) is 0 Å². The van der Waals surface area contributed by atoms with Gasteiger partial charge < -0.3 is 15.3 Å². The van der Waals surface area contributed by atoms with E-state index in [1.807, 2.05) is 13.8 Å². The van der Waals surface area contributed by atoms with Gasteiger partial charge in [-0.3, -0.25) is 14.4 Å². The molecule has 0 aliphatic carbocycles. The zero-order chi connectivity index (χ0) is 16.0. The van der Waals surface area contributed by atoms with Gasteiger partial charge in [-0.1, -0.05) is 20.8 Å². The second-order valence-corrected chi connectivity index (χ2v) is 6.27. The molecule has 2 unspecified atom stereocenters. The van der Waals surface area contributed by atoms with Crippen molar-refractivity contribution in [3.63, 3.8) is 0 Å². The Balaban J connectivity index is 2.27. The topological polar surface area (TPSA) is 86.7 Å². The Bertz CT molecular complexity index is 395. The van der Waals surface area contributed by atoms with Gasteiger partial charge in [0.05, 0.1) is 11.8 Å². The average molecular weight is 298 g/mol. The molecular formula is C15H26N2O4. The van der Waals surface area contributed by atoms with Crippen molar-refractivity contribution in [2.24, 2.45) is 17.8 Å². The summed E-state index contributed by atoms with van der Waals surface area (Å²) in [6.45, 7) is 7.40. The number of aliphatic carboxylic acids is 1. The highest BCUT2D eigenvalue weighted by molar-refractivity contribution is 5.89. The van der Waals surface area contributed by atoms with Crippen LogP contribution in [0.2, 0.25) is 0 Å². The van der Waals surface area contributed by atoms with Crippen LogP contribution in [0.3, 0.4) is 0 Å². The van der Waals surface area contributed by atoms with E-state index in [4.69, 9.17) is 5.11 Å². The summed E-state index contributed by atoms with van der Waals surface area (Å²) >= 11 is 0. The highest BCUT2D eigenvalue weighted by Crippen LogP contribution is 2.19. The van der Waals surface area contributed by atoms with Crippen molar-refractivity contribution in [3.05, 3.63) is 0 Å². The molecule has 0 aromatic rings. The van der Waals surface area contributed by atoms with E-state index >= 15 is 0 Å². The predicted molar refractivity (Wildman–Crippen MR) is 78.6 cm³/mol. The standard InChI is InChI=1S/C15H26N2O4/c1-10(2)8-17-9-12(7-13(17)18)14(19)16-6-4-5-11(3)15(20)21/h10-12H,4-9H2,1-3H3,(H,16,19)(H,20,21). The molecule has 2 amide bonds. The number of carbonyl (C=O) groups is 3. The third kappa shape index (κ3) is 5.73. The summed E-state index contributed by atoms with van der Waals surface area (Å²) in [6.07, 6.45) is 1.46. The fourth-order valence-electron chi connectivity index (χ4n) is 2.45. The molecule has 0 bridgehead atoms. The van der Waals surface area contributed by atoms with Gasteiger partial charge >= 0.3 is 5.97 Å². The zero-order valence-corrected chi connectivity index (χ0v) is 13.1. The second kappa shape index (κ2) is 8.00. The van der Waals surface area contributed by atoms with Gasteiger partial charge in [0.15, 0.2) is 0 Å². The van der Waals surface area contributed by atoms with Gasteiger partial charge in [0, 0.05) is 26.1 Å². The maximum Gasteiger partial charge on any atom is 0.306 e. The number of carboxylic acid groups (broad SMARTS) is 1. The van der Waals surface area contributed by atoms with Crippen LogP contribution >= 0.6 is 0 Å². The zero-order valence-electron chi connectivity index (χ0n) is 13.1. The number of rotatable bonds is 8. The summed E-state index contributed by atoms with van der Waals surface area (Å²) in [5.74, 6) is -1.13. The molecule has 2 N–H and O–H groups in total. The highest BCUT2D eigenvalue weighted by atomic mass is 16.4. The SMILES string of the molecule is CC(C)CN1CC(C(=O)NCCCC(C)C(=O)O)CC1=O. The van der Waals surface area contributed by atoms with Crippen molar-refractivity contribution in [3.8, 4) is 0 Å². The molecule has 0 aromatic carbocycles. The number of nitrogens with one attached hydrogen (secondary N) is 1. The van der Waals surface area contributed by atoms with Crippen LogP contribution in [0.1, 0.15) is 40.0 Å². The van der Waals surface area contributed by atoms with Crippen LogP contribution < -0.4 is 5.32 Å². The largest absolute Gasteiger partial charge is 0.481 e. The van der Waals surface area contributed by atoms with Gasteiger partial charge in [0.25, 0.3) is 0 Å². The third-order valence-corrected chi connectivity index (χ3v) is 3.71. The molecule has 6 heteroatoms. The lowest BCUT2D eigenvalue weighted by Gasteiger charge is -2.18. The van der Waals surface area contributed by atoms with Gasteiger partial charge in [-0.05, 0) is 18.8 Å². The molecule has 1 heterocycles. The Morgan fingerprint density at radius 3 is 2.62 bits per heavy atom. The maximum atomic E-state index is 12.0. The number of likely N-dealkylation sites (tertiary alicyclic amines) is 1. The number of carboxylic acids is 1. The van der Waals surface area contributed by atoms with Crippen molar-refractivity contribution in [2.75, 3.05) is 19.6 Å². The second-order valence-electron chi connectivity index (χ2n) is 6.27. The number of hydrogen-bond acceptors (Lipinski definition) is 3. The Morgan fingerprint density at radius 1 is 1.38 bits per heavy atom. The molecule has 2 atom stereocenters. The minimum Gasteiger partial charge on any atom is -0.481 e. The molecule has 1 fully saturated rings. The molecule has 0 spiro atoms. The average Bonchev–Trinajstić information content (AvgIpc) is 2.74. The first-order valence-corrected chi connectivity index (χ1v) is 7.59. The molecule has 1 rings (SSSR count). The van der Waals surface area contributed by atoms with Crippen LogP contribution in [0, 0.1) is 17.8 Å². The van der Waals surface area contributed by atoms with E-state index in [1.165, 1.54) is 0 Å². The minimum atomic E-state index is -0.813. The summed E-state index contributed by atoms with van der Waals surface area (Å²) in [4.78, 5) is 36.2. The smallest absolute Gasteiger partial charge is 0.306 e. The van der Waals surface area contributed by atoms with E-state index in [1.54, 1.807) is 11.8 Å². The minimum absolute atomic E-state index is 0.0448. The lowest BCUT2D eigenvalue weighted by molar-refractivity contribution is -0.141. The number of amides is 2. The summed E-state index contributed by atoms with van der Waals surface area (Å²) in [7, 11) is 0. The normalized spacial score (nSPS) is 19.9. The molecule has 0 saturated carbocycles. The van der Waals surface area contributed by atoms with Crippen LogP contribution in [0.25, 0.3) is 0 Å². The van der Waals surface area contributed by atoms with E-state index in [2.05, 4.69) is 5.32 Å². The van der Waals surface area contributed by atoms with Crippen LogP contribution in [0.5, 0.6) is 0 Å². The molecule has 21 heavy (non-hydrogen) atoms. The summed E-state index contributed by atoms with van der Waals surface area (Å²) in [5, 5.41) is 11.6. The third-order valence-electron chi connectivity index (χ3n) is 3.71. The van der Waals surface area contributed by atoms with Crippen LogP contribution in [0.4, 0.5) is 0 Å². The summed E-state index contributed by atoms with van der Waals surface area (Å²) in [6, 6.07) is 0. The molecule has 120 valence electrons. The summed E-state index contributed by atoms with van der Waals surface area (Å²) < 4.78 is 0. The van der Waals surface area contributed by atoms with E-state index in [9.17, 15) is 14.4 Å². The highest BCUT2D eigenvalue weighted by Gasteiger charge is 2.34. The van der Waals surface area contributed by atoms with Crippen molar-refractivity contribution >= 4 is 17.8 Å². The molecular weight excluding hydrogens is 272 g/mol. The number of nitrogens with zero attached hydrogens (tertiary/aromatic N) is 1. The van der Waals surface area contributed by atoms with Gasteiger partial charge in [0.2, 0.25) is 11.8 Å². The predicted octanol–water partition coefficient (Wildman–Crippen LogP) is 1.11. The lowest BCUT2D eigenvalue weighted by atomic mass is 10.1. The van der Waals surface area contributed by atoms with E-state index in [0.717, 1.165) is 0 Å². The number of hydrogen-bond donors (Lipinski definition) is 2. The van der Waals surface area contributed by atoms with Gasteiger partial charge in [-0.25, -0.2) is 0 Å². The first kappa shape index (κ1) is 17.5. The lowest BCUT2D eigenvalue weighted by Crippen LogP contribution is -2.34. The Kier molecular flexibility index (Phi) is 6.65. The molecule has 1 saturated heterocycles. The first-order chi connectivity index (χ1) is 9.81. The van der Waals surface area contributed by atoms with Crippen LogP contribution in [-0.2, 0) is 14.4 Å². The Morgan fingerprint density at radius 2 is 2.05 bits per heavy atom. The number of carbonyl (C=O) groups excluding carboxylic acids is 2. The molecule has 0 radical (unpaired) electrons.